The largest absolute Gasteiger partial charge is 0.384 e. The van der Waals surface area contributed by atoms with Crippen molar-refractivity contribution in [3.05, 3.63) is 35.4 Å². The Bertz CT molecular complexity index is 521. The monoisotopic (exact) mass is 271 g/mol. The fraction of sp³-hybridized carbons (Fsp3) is 0.471. The minimum atomic E-state index is -0.135. The zero-order valence-corrected chi connectivity index (χ0v) is 11.9. The van der Waals surface area contributed by atoms with Crippen LogP contribution in [0.1, 0.15) is 36.8 Å². The summed E-state index contributed by atoms with van der Waals surface area (Å²) in [5.41, 5.74) is 1.95. The maximum absolute atomic E-state index is 12.3. The van der Waals surface area contributed by atoms with E-state index in [2.05, 4.69) is 11.8 Å². The molecule has 1 N–H and O–H groups in total. The molecule has 3 heteroatoms. The van der Waals surface area contributed by atoms with Gasteiger partial charge < -0.3 is 10.0 Å². The molecule has 1 saturated carbocycles. The number of benzene rings is 1. The first-order valence-corrected chi connectivity index (χ1v) is 7.14. The van der Waals surface area contributed by atoms with E-state index in [4.69, 9.17) is 5.11 Å². The molecule has 106 valence electrons. The van der Waals surface area contributed by atoms with Crippen LogP contribution in [0.2, 0.25) is 0 Å². The summed E-state index contributed by atoms with van der Waals surface area (Å²) in [6.07, 6.45) is 4.42. The molecule has 0 saturated heterocycles. The molecule has 1 aliphatic carbocycles. The fourth-order valence-corrected chi connectivity index (χ4v) is 2.73. The number of aliphatic hydroxyl groups excluding tert-OH is 1. The predicted molar refractivity (Wildman–Crippen MR) is 78.8 cm³/mol. The Labute approximate surface area is 120 Å². The van der Waals surface area contributed by atoms with Crippen molar-refractivity contribution >= 4 is 5.91 Å². The number of carbonyl (C=O) groups excluding carboxylic acids is 1. The molecule has 3 nitrogen and oxygen atoms in total. The second-order valence-corrected chi connectivity index (χ2v) is 5.34. The third-order valence-electron chi connectivity index (χ3n) is 3.74. The van der Waals surface area contributed by atoms with Crippen molar-refractivity contribution in [3.8, 4) is 11.8 Å². The minimum Gasteiger partial charge on any atom is -0.384 e. The van der Waals surface area contributed by atoms with Crippen molar-refractivity contribution in [2.24, 2.45) is 5.92 Å². The van der Waals surface area contributed by atoms with Crippen LogP contribution in [0.3, 0.4) is 0 Å². The summed E-state index contributed by atoms with van der Waals surface area (Å²) in [7, 11) is 1.87. The van der Waals surface area contributed by atoms with Crippen molar-refractivity contribution in [2.45, 2.75) is 32.2 Å². The molecule has 20 heavy (non-hydrogen) atoms. The lowest BCUT2D eigenvalue weighted by atomic mass is 10.1. The molecular formula is C17H21NO2. The van der Waals surface area contributed by atoms with Gasteiger partial charge in [0.05, 0.1) is 0 Å². The van der Waals surface area contributed by atoms with Crippen molar-refractivity contribution < 1.29 is 9.90 Å². The molecule has 1 aromatic carbocycles. The Balaban J connectivity index is 1.99. The predicted octanol–water partition coefficient (Wildman–Crippen LogP) is 2.18. The van der Waals surface area contributed by atoms with Gasteiger partial charge in [-0.05, 0) is 30.5 Å². The van der Waals surface area contributed by atoms with Crippen LogP contribution in [0, 0.1) is 17.8 Å². The van der Waals surface area contributed by atoms with E-state index in [1.165, 1.54) is 12.8 Å². The molecule has 0 radical (unpaired) electrons. The van der Waals surface area contributed by atoms with E-state index in [1.54, 1.807) is 0 Å². The van der Waals surface area contributed by atoms with E-state index in [9.17, 15) is 4.79 Å². The van der Waals surface area contributed by atoms with Crippen LogP contribution in [0.15, 0.2) is 24.3 Å². The first-order valence-electron chi connectivity index (χ1n) is 7.14. The molecule has 2 rings (SSSR count). The Morgan fingerprint density at radius 3 is 2.85 bits per heavy atom. The van der Waals surface area contributed by atoms with E-state index >= 15 is 0 Å². The van der Waals surface area contributed by atoms with Gasteiger partial charge in [-0.3, -0.25) is 4.79 Å². The van der Waals surface area contributed by atoms with Crippen molar-refractivity contribution in [1.29, 1.82) is 0 Å². The van der Waals surface area contributed by atoms with Gasteiger partial charge in [0.2, 0.25) is 5.91 Å². The van der Waals surface area contributed by atoms with E-state index in [0.29, 0.717) is 6.54 Å². The summed E-state index contributed by atoms with van der Waals surface area (Å²) in [6, 6.07) is 7.82. The van der Waals surface area contributed by atoms with Gasteiger partial charge in [-0.15, -0.1) is 0 Å². The highest BCUT2D eigenvalue weighted by Crippen LogP contribution is 2.26. The maximum atomic E-state index is 12.3. The molecule has 0 unspecified atom stereocenters. The smallest absolute Gasteiger partial charge is 0.225 e. The highest BCUT2D eigenvalue weighted by atomic mass is 16.2. The minimum absolute atomic E-state index is 0.135. The average Bonchev–Trinajstić information content (AvgIpc) is 2.98. The molecule has 0 atom stereocenters. The summed E-state index contributed by atoms with van der Waals surface area (Å²) < 4.78 is 0. The normalized spacial score (nSPS) is 14.7. The number of amides is 1. The summed E-state index contributed by atoms with van der Waals surface area (Å²) in [5, 5.41) is 8.71. The first kappa shape index (κ1) is 14.6. The Morgan fingerprint density at radius 2 is 2.15 bits per heavy atom. The molecule has 0 heterocycles. The van der Waals surface area contributed by atoms with Crippen molar-refractivity contribution in [2.75, 3.05) is 13.7 Å². The standard InChI is InChI=1S/C17H21NO2/c1-18(17(20)16-9-2-3-10-16)13-15-7-4-6-14(12-15)8-5-11-19/h4,6-7,12,16,19H,2-3,9-11,13H2,1H3. The van der Waals surface area contributed by atoms with Crippen LogP contribution in [-0.4, -0.2) is 29.6 Å². The number of nitrogens with zero attached hydrogens (tertiary/aromatic N) is 1. The second kappa shape index (κ2) is 7.12. The molecule has 0 bridgehead atoms. The average molecular weight is 271 g/mol. The van der Waals surface area contributed by atoms with Gasteiger partial charge in [-0.1, -0.05) is 36.8 Å². The highest BCUT2D eigenvalue weighted by molar-refractivity contribution is 5.78. The molecule has 1 aliphatic rings. The summed E-state index contributed by atoms with van der Waals surface area (Å²) in [4.78, 5) is 14.1. The Morgan fingerprint density at radius 1 is 1.40 bits per heavy atom. The number of aliphatic hydroxyl groups is 1. The zero-order valence-electron chi connectivity index (χ0n) is 11.9. The van der Waals surface area contributed by atoms with Gasteiger partial charge in [-0.2, -0.15) is 0 Å². The van der Waals surface area contributed by atoms with E-state index in [0.717, 1.165) is 24.0 Å². The van der Waals surface area contributed by atoms with Crippen LogP contribution in [0.5, 0.6) is 0 Å². The highest BCUT2D eigenvalue weighted by Gasteiger charge is 2.25. The lowest BCUT2D eigenvalue weighted by Gasteiger charge is -2.21. The lowest BCUT2D eigenvalue weighted by Crippen LogP contribution is -2.31. The number of hydrogen-bond donors (Lipinski definition) is 1. The van der Waals surface area contributed by atoms with Crippen molar-refractivity contribution in [3.63, 3.8) is 0 Å². The van der Waals surface area contributed by atoms with Crippen LogP contribution in [0.4, 0.5) is 0 Å². The number of hydrogen-bond acceptors (Lipinski definition) is 2. The maximum Gasteiger partial charge on any atom is 0.225 e. The molecule has 0 spiro atoms. The fourth-order valence-electron chi connectivity index (χ4n) is 2.73. The lowest BCUT2D eigenvalue weighted by molar-refractivity contribution is -0.134. The number of carbonyl (C=O) groups is 1. The molecule has 0 aliphatic heterocycles. The molecule has 1 fully saturated rings. The third-order valence-corrected chi connectivity index (χ3v) is 3.74. The van der Waals surface area contributed by atoms with Gasteiger partial charge >= 0.3 is 0 Å². The number of rotatable bonds is 3. The third kappa shape index (κ3) is 3.85. The van der Waals surface area contributed by atoms with Crippen LogP contribution in [0.25, 0.3) is 0 Å². The van der Waals surface area contributed by atoms with Gasteiger partial charge in [0.25, 0.3) is 0 Å². The SMILES string of the molecule is CN(Cc1cccc(C#CCO)c1)C(=O)C1CCCC1. The van der Waals surface area contributed by atoms with Crippen LogP contribution >= 0.6 is 0 Å². The zero-order chi connectivity index (χ0) is 14.4. The summed E-state index contributed by atoms with van der Waals surface area (Å²) in [5.74, 6) is 6.00. The molecule has 0 aromatic heterocycles. The Hall–Kier alpha value is -1.79. The molecule has 1 amide bonds. The van der Waals surface area contributed by atoms with Crippen LogP contribution in [-0.2, 0) is 11.3 Å². The second-order valence-electron chi connectivity index (χ2n) is 5.34. The van der Waals surface area contributed by atoms with E-state index in [1.807, 2.05) is 36.2 Å². The summed E-state index contributed by atoms with van der Waals surface area (Å²) >= 11 is 0. The topological polar surface area (TPSA) is 40.5 Å². The van der Waals surface area contributed by atoms with Gasteiger partial charge in [0.15, 0.2) is 0 Å². The molecule has 1 aromatic rings. The molecular weight excluding hydrogens is 250 g/mol. The van der Waals surface area contributed by atoms with Crippen LogP contribution < -0.4 is 0 Å². The quantitative estimate of drug-likeness (QED) is 0.856. The van der Waals surface area contributed by atoms with Gasteiger partial charge in [0.1, 0.15) is 6.61 Å². The first-order chi connectivity index (χ1) is 9.70. The van der Waals surface area contributed by atoms with E-state index < -0.39 is 0 Å². The summed E-state index contributed by atoms with van der Waals surface area (Å²) in [6.45, 7) is 0.480. The van der Waals surface area contributed by atoms with Gasteiger partial charge in [0, 0.05) is 25.1 Å². The van der Waals surface area contributed by atoms with Crippen molar-refractivity contribution in [1.82, 2.24) is 4.90 Å². The van der Waals surface area contributed by atoms with Gasteiger partial charge in [-0.25, -0.2) is 0 Å². The van der Waals surface area contributed by atoms with E-state index in [-0.39, 0.29) is 18.4 Å². The Kier molecular flexibility index (Phi) is 5.20.